The normalized spacial score (nSPS) is 14.1. The number of hydrogen-bond donors (Lipinski definition) is 1. The van der Waals surface area contributed by atoms with Gasteiger partial charge in [-0.3, -0.25) is 9.78 Å². The Morgan fingerprint density at radius 3 is 2.78 bits per heavy atom. The summed E-state index contributed by atoms with van der Waals surface area (Å²) in [6.45, 7) is 2.05. The molecule has 1 saturated heterocycles. The second kappa shape index (κ2) is 6.93. The molecule has 0 atom stereocenters. The summed E-state index contributed by atoms with van der Waals surface area (Å²) in [6.07, 6.45) is 5.31. The monoisotopic (exact) mass is 306 g/mol. The number of nitrogens with zero attached hydrogens (tertiary/aromatic N) is 3. The molecule has 0 aliphatic carbocycles. The average molecular weight is 306 g/mol. The Balaban J connectivity index is 1.75. The molecule has 1 aliphatic rings. The zero-order valence-corrected chi connectivity index (χ0v) is 12.8. The van der Waals surface area contributed by atoms with Crippen LogP contribution in [0.4, 0.5) is 11.4 Å². The third kappa shape index (κ3) is 3.67. The molecule has 1 aliphatic heterocycles. The van der Waals surface area contributed by atoms with Crippen molar-refractivity contribution >= 4 is 17.3 Å². The van der Waals surface area contributed by atoms with E-state index in [1.165, 1.54) is 19.3 Å². The van der Waals surface area contributed by atoms with Gasteiger partial charge in [-0.2, -0.15) is 5.26 Å². The molecule has 5 nitrogen and oxygen atoms in total. The topological polar surface area (TPSA) is 69.0 Å². The van der Waals surface area contributed by atoms with Crippen LogP contribution in [0.15, 0.2) is 42.6 Å². The smallest absolute Gasteiger partial charge is 0.274 e. The molecule has 0 unspecified atom stereocenters. The van der Waals surface area contributed by atoms with Crippen molar-refractivity contribution in [2.24, 2.45) is 0 Å². The maximum Gasteiger partial charge on any atom is 0.274 e. The van der Waals surface area contributed by atoms with Crippen LogP contribution in [0.1, 0.15) is 35.3 Å². The van der Waals surface area contributed by atoms with E-state index in [9.17, 15) is 4.79 Å². The Bertz CT molecular complexity index is 745. The molecule has 1 aromatic heterocycles. The highest BCUT2D eigenvalue weighted by Crippen LogP contribution is 2.20. The minimum absolute atomic E-state index is 0.265. The van der Waals surface area contributed by atoms with Crippen LogP contribution in [0.5, 0.6) is 0 Å². The van der Waals surface area contributed by atoms with E-state index in [-0.39, 0.29) is 5.91 Å². The third-order valence-electron chi connectivity index (χ3n) is 3.95. The van der Waals surface area contributed by atoms with Crippen molar-refractivity contribution < 1.29 is 4.79 Å². The molecule has 2 heterocycles. The van der Waals surface area contributed by atoms with Crippen molar-refractivity contribution in [2.45, 2.75) is 19.3 Å². The van der Waals surface area contributed by atoms with Gasteiger partial charge in [-0.1, -0.05) is 6.07 Å². The highest BCUT2D eigenvalue weighted by atomic mass is 16.1. The summed E-state index contributed by atoms with van der Waals surface area (Å²) in [5, 5.41) is 11.7. The van der Waals surface area contributed by atoms with Crippen LogP contribution in [0, 0.1) is 11.3 Å². The first kappa shape index (κ1) is 15.0. The molecular weight excluding hydrogens is 288 g/mol. The lowest BCUT2D eigenvalue weighted by Gasteiger charge is -2.28. The van der Waals surface area contributed by atoms with Crippen molar-refractivity contribution in [1.82, 2.24) is 4.98 Å². The van der Waals surface area contributed by atoms with Crippen molar-refractivity contribution in [3.63, 3.8) is 0 Å². The molecule has 1 fully saturated rings. The average Bonchev–Trinajstić information content (AvgIpc) is 2.63. The molecule has 1 N–H and O–H groups in total. The summed E-state index contributed by atoms with van der Waals surface area (Å²) >= 11 is 0. The zero-order valence-electron chi connectivity index (χ0n) is 12.8. The first-order chi connectivity index (χ1) is 11.3. The van der Waals surface area contributed by atoms with Gasteiger partial charge in [0.1, 0.15) is 5.69 Å². The van der Waals surface area contributed by atoms with Gasteiger partial charge in [0.25, 0.3) is 5.91 Å². The second-order valence-corrected chi connectivity index (χ2v) is 5.59. The number of piperidine rings is 1. The zero-order chi connectivity index (χ0) is 16.1. The molecule has 1 amide bonds. The Hall–Kier alpha value is -2.87. The Labute approximate surface area is 135 Å². The number of anilines is 2. The van der Waals surface area contributed by atoms with E-state index < -0.39 is 0 Å². The van der Waals surface area contributed by atoms with Gasteiger partial charge in [0.05, 0.1) is 11.6 Å². The van der Waals surface area contributed by atoms with Crippen molar-refractivity contribution in [1.29, 1.82) is 5.26 Å². The van der Waals surface area contributed by atoms with E-state index >= 15 is 0 Å². The van der Waals surface area contributed by atoms with Crippen molar-refractivity contribution in [3.05, 3.63) is 53.9 Å². The molecule has 0 spiro atoms. The maximum atomic E-state index is 12.4. The number of hydrogen-bond acceptors (Lipinski definition) is 4. The molecule has 1 aromatic carbocycles. The minimum Gasteiger partial charge on any atom is -0.371 e. The molecule has 0 radical (unpaired) electrons. The summed E-state index contributed by atoms with van der Waals surface area (Å²) in [6, 6.07) is 12.7. The number of aromatic nitrogens is 1. The first-order valence-electron chi connectivity index (χ1n) is 7.79. The van der Waals surface area contributed by atoms with Crippen LogP contribution in [-0.2, 0) is 0 Å². The number of carbonyl (C=O) groups is 1. The number of rotatable bonds is 3. The highest BCUT2D eigenvalue weighted by molar-refractivity contribution is 6.03. The Morgan fingerprint density at radius 2 is 2.00 bits per heavy atom. The summed E-state index contributed by atoms with van der Waals surface area (Å²) < 4.78 is 0. The lowest BCUT2D eigenvalue weighted by molar-refractivity contribution is 0.102. The summed E-state index contributed by atoms with van der Waals surface area (Å²) in [5.41, 5.74) is 2.53. The quantitative estimate of drug-likeness (QED) is 0.945. The van der Waals surface area contributed by atoms with E-state index in [1.54, 1.807) is 30.5 Å². The number of pyridine rings is 1. The first-order valence-corrected chi connectivity index (χ1v) is 7.79. The van der Waals surface area contributed by atoms with Gasteiger partial charge in [-0.25, -0.2) is 0 Å². The molecule has 3 rings (SSSR count). The largest absolute Gasteiger partial charge is 0.371 e. The summed E-state index contributed by atoms with van der Waals surface area (Å²) in [5.74, 6) is -0.265. The number of benzene rings is 1. The van der Waals surface area contributed by atoms with Gasteiger partial charge < -0.3 is 10.2 Å². The van der Waals surface area contributed by atoms with Crippen LogP contribution in [-0.4, -0.2) is 24.0 Å². The lowest BCUT2D eigenvalue weighted by Crippen LogP contribution is -2.29. The number of carbonyl (C=O) groups excluding carboxylic acids is 1. The maximum absolute atomic E-state index is 12.4. The fourth-order valence-corrected chi connectivity index (χ4v) is 2.75. The molecule has 0 saturated carbocycles. The number of amides is 1. The summed E-state index contributed by atoms with van der Waals surface area (Å²) in [4.78, 5) is 18.8. The van der Waals surface area contributed by atoms with Crippen LogP contribution in [0.2, 0.25) is 0 Å². The highest BCUT2D eigenvalue weighted by Gasteiger charge is 2.14. The van der Waals surface area contributed by atoms with Gasteiger partial charge >= 0.3 is 0 Å². The van der Waals surface area contributed by atoms with E-state index in [1.807, 2.05) is 12.1 Å². The van der Waals surface area contributed by atoms with Gasteiger partial charge in [-0.05, 0) is 49.6 Å². The molecule has 0 bridgehead atoms. The SMILES string of the molecule is N#Cc1cccc(NC(=O)c2cc(N3CCCCC3)ccn2)c1. The molecular formula is C18H18N4O. The van der Waals surface area contributed by atoms with E-state index in [4.69, 9.17) is 5.26 Å². The van der Waals surface area contributed by atoms with E-state index in [2.05, 4.69) is 21.3 Å². The Morgan fingerprint density at radius 1 is 1.17 bits per heavy atom. The summed E-state index contributed by atoms with van der Waals surface area (Å²) in [7, 11) is 0. The van der Waals surface area contributed by atoms with E-state index in [0.29, 0.717) is 16.9 Å². The van der Waals surface area contributed by atoms with Crippen LogP contribution in [0.3, 0.4) is 0 Å². The van der Waals surface area contributed by atoms with Crippen molar-refractivity contribution in [2.75, 3.05) is 23.3 Å². The molecule has 116 valence electrons. The fourth-order valence-electron chi connectivity index (χ4n) is 2.75. The van der Waals surface area contributed by atoms with Gasteiger partial charge in [0.15, 0.2) is 0 Å². The van der Waals surface area contributed by atoms with Gasteiger partial charge in [-0.15, -0.1) is 0 Å². The Kier molecular flexibility index (Phi) is 4.53. The minimum atomic E-state index is -0.265. The van der Waals surface area contributed by atoms with Crippen molar-refractivity contribution in [3.8, 4) is 6.07 Å². The van der Waals surface area contributed by atoms with Crippen LogP contribution in [0.25, 0.3) is 0 Å². The van der Waals surface area contributed by atoms with Crippen LogP contribution < -0.4 is 10.2 Å². The standard InChI is InChI=1S/C18H18N4O/c19-13-14-5-4-6-15(11-14)21-18(23)17-12-16(7-8-20-17)22-9-2-1-3-10-22/h4-8,11-12H,1-3,9-10H2,(H,21,23). The number of nitriles is 1. The predicted molar refractivity (Wildman–Crippen MR) is 89.4 cm³/mol. The third-order valence-corrected chi connectivity index (χ3v) is 3.95. The predicted octanol–water partition coefficient (Wildman–Crippen LogP) is 3.20. The van der Waals surface area contributed by atoms with E-state index in [0.717, 1.165) is 18.8 Å². The molecule has 5 heteroatoms. The molecule has 2 aromatic rings. The van der Waals surface area contributed by atoms with Gasteiger partial charge in [0.2, 0.25) is 0 Å². The lowest BCUT2D eigenvalue weighted by atomic mass is 10.1. The number of nitrogens with one attached hydrogen (secondary N) is 1. The van der Waals surface area contributed by atoms with Gasteiger partial charge in [0, 0.05) is 30.7 Å². The fraction of sp³-hybridized carbons (Fsp3) is 0.278. The second-order valence-electron chi connectivity index (χ2n) is 5.59. The van der Waals surface area contributed by atoms with Crippen LogP contribution >= 0.6 is 0 Å². The molecule has 23 heavy (non-hydrogen) atoms.